The van der Waals surface area contributed by atoms with Gasteiger partial charge < -0.3 is 10.1 Å². The highest BCUT2D eigenvalue weighted by molar-refractivity contribution is 7.89. The number of hydrogen-bond donors (Lipinski definition) is 2. The normalized spacial score (nSPS) is 13.6. The highest BCUT2D eigenvalue weighted by Gasteiger charge is 2.30. The molecule has 0 bridgehead atoms. The second-order valence-electron chi connectivity index (χ2n) is 7.16. The Balaban J connectivity index is 1.54. The van der Waals surface area contributed by atoms with E-state index in [9.17, 15) is 13.2 Å². The second kappa shape index (κ2) is 8.30. The maximum absolute atomic E-state index is 12.7. The molecule has 2 N–H and O–H groups in total. The van der Waals surface area contributed by atoms with Crippen molar-refractivity contribution in [2.45, 2.75) is 23.8 Å². The van der Waals surface area contributed by atoms with E-state index in [1.54, 1.807) is 6.07 Å². The molecule has 4 rings (SSSR count). The molecule has 1 fully saturated rings. The minimum atomic E-state index is -3.76. The maximum atomic E-state index is 12.7. The van der Waals surface area contributed by atoms with Crippen molar-refractivity contribution in [3.8, 4) is 16.9 Å². The highest BCUT2D eigenvalue weighted by atomic mass is 32.2. The van der Waals surface area contributed by atoms with Crippen LogP contribution < -0.4 is 14.8 Å². The summed E-state index contributed by atoms with van der Waals surface area (Å²) < 4.78 is 33.1. The molecule has 1 saturated carbocycles. The van der Waals surface area contributed by atoms with E-state index in [-0.39, 0.29) is 22.3 Å². The lowest BCUT2D eigenvalue weighted by molar-refractivity contribution is 0.102. The lowest BCUT2D eigenvalue weighted by Gasteiger charge is -2.12. The number of hydrogen-bond acceptors (Lipinski definition) is 4. The van der Waals surface area contributed by atoms with Gasteiger partial charge in [-0.1, -0.05) is 42.5 Å². The smallest absolute Gasteiger partial charge is 0.255 e. The molecule has 3 aromatic rings. The summed E-state index contributed by atoms with van der Waals surface area (Å²) in [7, 11) is -2.36. The zero-order valence-electron chi connectivity index (χ0n) is 16.5. The molecular formula is C23H22N2O4S. The summed E-state index contributed by atoms with van der Waals surface area (Å²) in [6.45, 7) is 0. The zero-order chi connectivity index (χ0) is 21.1. The summed E-state index contributed by atoms with van der Waals surface area (Å²) in [6, 6.07) is 21.8. The Hall–Kier alpha value is -3.16. The third kappa shape index (κ3) is 4.53. The Kier molecular flexibility index (Phi) is 5.57. The number of carbonyl (C=O) groups is 1. The Morgan fingerprint density at radius 3 is 2.23 bits per heavy atom. The molecule has 154 valence electrons. The van der Waals surface area contributed by atoms with Crippen LogP contribution in [0.3, 0.4) is 0 Å². The van der Waals surface area contributed by atoms with E-state index in [0.717, 1.165) is 24.0 Å². The van der Waals surface area contributed by atoms with Crippen LogP contribution in [0, 0.1) is 0 Å². The van der Waals surface area contributed by atoms with Gasteiger partial charge >= 0.3 is 0 Å². The van der Waals surface area contributed by atoms with Crippen molar-refractivity contribution >= 4 is 21.6 Å². The van der Waals surface area contributed by atoms with Crippen LogP contribution in [0.2, 0.25) is 0 Å². The van der Waals surface area contributed by atoms with E-state index in [4.69, 9.17) is 4.74 Å². The predicted octanol–water partition coefficient (Wildman–Crippen LogP) is 4.06. The predicted molar refractivity (Wildman–Crippen MR) is 116 cm³/mol. The largest absolute Gasteiger partial charge is 0.495 e. The quantitative estimate of drug-likeness (QED) is 0.602. The first-order chi connectivity index (χ1) is 14.5. The Labute approximate surface area is 176 Å². The Morgan fingerprint density at radius 2 is 1.60 bits per heavy atom. The Bertz CT molecular complexity index is 1160. The van der Waals surface area contributed by atoms with Crippen molar-refractivity contribution in [1.82, 2.24) is 4.72 Å². The van der Waals surface area contributed by atoms with Gasteiger partial charge in [0.2, 0.25) is 10.0 Å². The number of rotatable bonds is 7. The molecule has 1 amide bonds. The van der Waals surface area contributed by atoms with Gasteiger partial charge in [0.05, 0.1) is 7.11 Å². The molecule has 0 spiro atoms. The Morgan fingerprint density at radius 1 is 0.933 bits per heavy atom. The number of anilines is 1. The first kappa shape index (κ1) is 20.1. The first-order valence-electron chi connectivity index (χ1n) is 9.63. The molecule has 7 heteroatoms. The fourth-order valence-corrected chi connectivity index (χ4v) is 4.59. The van der Waals surface area contributed by atoms with Gasteiger partial charge in [0, 0.05) is 17.3 Å². The molecule has 0 aromatic heterocycles. The molecular weight excluding hydrogens is 400 g/mol. The topological polar surface area (TPSA) is 84.5 Å². The molecule has 0 aliphatic heterocycles. The van der Waals surface area contributed by atoms with Crippen molar-refractivity contribution in [2.75, 3.05) is 12.4 Å². The second-order valence-corrected chi connectivity index (χ2v) is 8.84. The van der Waals surface area contributed by atoms with Crippen LogP contribution in [0.5, 0.6) is 5.75 Å². The number of carbonyl (C=O) groups excluding carboxylic acids is 1. The summed E-state index contributed by atoms with van der Waals surface area (Å²) in [6.07, 6.45) is 1.64. The van der Waals surface area contributed by atoms with Crippen LogP contribution in [0.15, 0.2) is 77.7 Å². The van der Waals surface area contributed by atoms with Crippen molar-refractivity contribution in [1.29, 1.82) is 0 Å². The zero-order valence-corrected chi connectivity index (χ0v) is 17.3. The molecule has 30 heavy (non-hydrogen) atoms. The van der Waals surface area contributed by atoms with E-state index >= 15 is 0 Å². The fraction of sp³-hybridized carbons (Fsp3) is 0.174. The summed E-state index contributed by atoms with van der Waals surface area (Å²) in [5.41, 5.74) is 2.98. The number of nitrogens with one attached hydrogen (secondary N) is 2. The standard InChI is InChI=1S/C23H22N2O4S/c1-29-21-14-9-18(15-22(21)30(27,28)25-20-12-13-20)23(26)24-19-10-7-17(8-11-19)16-5-3-2-4-6-16/h2-11,14-15,20,25H,12-13H2,1H3,(H,24,26). The molecule has 0 saturated heterocycles. The molecule has 1 aliphatic carbocycles. The van der Waals surface area contributed by atoms with Crippen molar-refractivity contribution in [3.05, 3.63) is 78.4 Å². The van der Waals surface area contributed by atoms with Crippen LogP contribution in [-0.2, 0) is 10.0 Å². The van der Waals surface area contributed by atoms with E-state index in [1.807, 2.05) is 54.6 Å². The maximum Gasteiger partial charge on any atom is 0.255 e. The summed E-state index contributed by atoms with van der Waals surface area (Å²) >= 11 is 0. The third-order valence-corrected chi connectivity index (χ3v) is 6.41. The van der Waals surface area contributed by atoms with E-state index < -0.39 is 15.9 Å². The number of methoxy groups -OCH3 is 1. The van der Waals surface area contributed by atoms with Crippen LogP contribution in [0.4, 0.5) is 5.69 Å². The van der Waals surface area contributed by atoms with Gasteiger partial charge in [-0.25, -0.2) is 13.1 Å². The molecule has 0 unspecified atom stereocenters. The fourth-order valence-electron chi connectivity index (χ4n) is 3.09. The average molecular weight is 423 g/mol. The monoisotopic (exact) mass is 422 g/mol. The number of ether oxygens (including phenoxy) is 1. The van der Waals surface area contributed by atoms with E-state index in [0.29, 0.717) is 5.69 Å². The van der Waals surface area contributed by atoms with Gasteiger partial charge in [-0.05, 0) is 54.3 Å². The van der Waals surface area contributed by atoms with Crippen molar-refractivity contribution < 1.29 is 17.9 Å². The van der Waals surface area contributed by atoms with Gasteiger partial charge in [-0.3, -0.25) is 4.79 Å². The average Bonchev–Trinajstić information content (AvgIpc) is 3.57. The van der Waals surface area contributed by atoms with Crippen LogP contribution in [-0.4, -0.2) is 27.5 Å². The van der Waals surface area contributed by atoms with Gasteiger partial charge in [0.15, 0.2) is 0 Å². The summed E-state index contributed by atoms with van der Waals surface area (Å²) in [5, 5.41) is 2.81. The molecule has 0 radical (unpaired) electrons. The SMILES string of the molecule is COc1ccc(C(=O)Nc2ccc(-c3ccccc3)cc2)cc1S(=O)(=O)NC1CC1. The van der Waals surface area contributed by atoms with Crippen LogP contribution in [0.25, 0.3) is 11.1 Å². The van der Waals surface area contributed by atoms with E-state index in [1.165, 1.54) is 19.2 Å². The lowest BCUT2D eigenvalue weighted by atomic mass is 10.1. The first-order valence-corrected chi connectivity index (χ1v) is 11.1. The molecule has 0 heterocycles. The van der Waals surface area contributed by atoms with Gasteiger partial charge in [-0.2, -0.15) is 0 Å². The summed E-state index contributed by atoms with van der Waals surface area (Å²) in [4.78, 5) is 12.7. The summed E-state index contributed by atoms with van der Waals surface area (Å²) in [5.74, 6) is -0.195. The molecule has 1 aliphatic rings. The van der Waals surface area contributed by atoms with E-state index in [2.05, 4.69) is 10.0 Å². The van der Waals surface area contributed by atoms with Crippen molar-refractivity contribution in [2.24, 2.45) is 0 Å². The van der Waals surface area contributed by atoms with Crippen molar-refractivity contribution in [3.63, 3.8) is 0 Å². The number of amides is 1. The highest BCUT2D eigenvalue weighted by Crippen LogP contribution is 2.29. The van der Waals surface area contributed by atoms with Gasteiger partial charge in [-0.15, -0.1) is 0 Å². The molecule has 0 atom stereocenters. The minimum Gasteiger partial charge on any atom is -0.495 e. The number of benzene rings is 3. The van der Waals surface area contributed by atoms with Crippen LogP contribution in [0.1, 0.15) is 23.2 Å². The third-order valence-electron chi connectivity index (χ3n) is 4.86. The number of sulfonamides is 1. The minimum absolute atomic E-state index is 0.0380. The van der Waals surface area contributed by atoms with Crippen LogP contribution >= 0.6 is 0 Å². The molecule has 3 aromatic carbocycles. The van der Waals surface area contributed by atoms with Gasteiger partial charge in [0.25, 0.3) is 5.91 Å². The van der Waals surface area contributed by atoms with Gasteiger partial charge in [0.1, 0.15) is 10.6 Å². The lowest BCUT2D eigenvalue weighted by Crippen LogP contribution is -2.26. The molecule has 6 nitrogen and oxygen atoms in total.